The van der Waals surface area contributed by atoms with Crippen LogP contribution in [-0.4, -0.2) is 30.9 Å². The molecule has 1 aliphatic heterocycles. The fourth-order valence-corrected chi connectivity index (χ4v) is 2.80. The molecule has 0 unspecified atom stereocenters. The van der Waals surface area contributed by atoms with Crippen molar-refractivity contribution < 1.29 is 9.53 Å². The third kappa shape index (κ3) is 3.06. The number of rotatable bonds is 4. The van der Waals surface area contributed by atoms with E-state index in [0.29, 0.717) is 0 Å². The Hall–Kier alpha value is -1.00. The van der Waals surface area contributed by atoms with Crippen molar-refractivity contribution in [3.05, 3.63) is 29.8 Å². The van der Waals surface area contributed by atoms with Gasteiger partial charge in [-0.15, -0.1) is 11.8 Å². The van der Waals surface area contributed by atoms with Crippen molar-refractivity contribution in [3.63, 3.8) is 0 Å². The van der Waals surface area contributed by atoms with Crippen LogP contribution in [0.1, 0.15) is 30.1 Å². The van der Waals surface area contributed by atoms with Crippen LogP contribution < -0.4 is 5.32 Å². The molecule has 0 saturated carbocycles. The predicted octanol–water partition coefficient (Wildman–Crippen LogP) is 2.71. The summed E-state index contributed by atoms with van der Waals surface area (Å²) in [5.74, 6) is -0.0112. The zero-order chi connectivity index (χ0) is 13.0. The van der Waals surface area contributed by atoms with Crippen molar-refractivity contribution in [2.75, 3.05) is 12.9 Å². The van der Waals surface area contributed by atoms with Crippen molar-refractivity contribution in [2.45, 2.75) is 36.8 Å². The molecule has 1 aromatic rings. The van der Waals surface area contributed by atoms with E-state index in [9.17, 15) is 4.79 Å². The van der Waals surface area contributed by atoms with Crippen LogP contribution in [0.4, 0.5) is 0 Å². The Morgan fingerprint density at radius 1 is 1.50 bits per heavy atom. The average molecular weight is 265 g/mol. The molecule has 1 amide bonds. The molecule has 1 aromatic carbocycles. The van der Waals surface area contributed by atoms with E-state index in [4.69, 9.17) is 4.74 Å². The molecular weight excluding hydrogens is 246 g/mol. The summed E-state index contributed by atoms with van der Waals surface area (Å²) in [5.41, 5.74) is 0.745. The predicted molar refractivity (Wildman–Crippen MR) is 74.1 cm³/mol. The van der Waals surface area contributed by atoms with E-state index in [0.717, 1.165) is 29.9 Å². The fraction of sp³-hybridized carbons (Fsp3) is 0.500. The van der Waals surface area contributed by atoms with Gasteiger partial charge in [-0.25, -0.2) is 0 Å². The first-order valence-corrected chi connectivity index (χ1v) is 7.50. The first-order chi connectivity index (χ1) is 8.72. The molecule has 1 N–H and O–H groups in total. The van der Waals surface area contributed by atoms with Gasteiger partial charge in [-0.1, -0.05) is 12.1 Å². The Morgan fingerprint density at radius 2 is 2.28 bits per heavy atom. The molecule has 0 radical (unpaired) electrons. The first-order valence-electron chi connectivity index (χ1n) is 6.28. The monoisotopic (exact) mass is 265 g/mol. The molecule has 1 aliphatic rings. The molecule has 2 atom stereocenters. The third-order valence-electron chi connectivity index (χ3n) is 3.23. The maximum atomic E-state index is 12.2. The minimum atomic E-state index is -0.0112. The van der Waals surface area contributed by atoms with E-state index >= 15 is 0 Å². The van der Waals surface area contributed by atoms with Crippen molar-refractivity contribution in [1.29, 1.82) is 0 Å². The van der Waals surface area contributed by atoms with E-state index in [1.54, 1.807) is 11.8 Å². The summed E-state index contributed by atoms with van der Waals surface area (Å²) < 4.78 is 5.59. The average Bonchev–Trinajstić information content (AvgIpc) is 2.92. The maximum absolute atomic E-state index is 12.2. The van der Waals surface area contributed by atoms with Gasteiger partial charge < -0.3 is 10.1 Å². The lowest BCUT2D eigenvalue weighted by Gasteiger charge is -2.20. The van der Waals surface area contributed by atoms with Crippen LogP contribution >= 0.6 is 11.8 Å². The zero-order valence-corrected chi connectivity index (χ0v) is 11.6. The van der Waals surface area contributed by atoms with Gasteiger partial charge in [-0.2, -0.15) is 0 Å². The van der Waals surface area contributed by atoms with Crippen molar-refractivity contribution in [3.8, 4) is 0 Å². The van der Waals surface area contributed by atoms with Crippen LogP contribution in [0.2, 0.25) is 0 Å². The van der Waals surface area contributed by atoms with E-state index < -0.39 is 0 Å². The van der Waals surface area contributed by atoms with E-state index in [1.807, 2.05) is 37.4 Å². The second-order valence-electron chi connectivity index (χ2n) is 4.51. The van der Waals surface area contributed by atoms with Crippen molar-refractivity contribution in [1.82, 2.24) is 5.32 Å². The normalized spacial score (nSPS) is 20.7. The van der Waals surface area contributed by atoms with Crippen LogP contribution in [-0.2, 0) is 4.74 Å². The number of hydrogen-bond acceptors (Lipinski definition) is 3. The molecule has 18 heavy (non-hydrogen) atoms. The lowest BCUT2D eigenvalue weighted by atomic mass is 10.1. The molecule has 1 saturated heterocycles. The van der Waals surface area contributed by atoms with E-state index in [1.165, 1.54) is 0 Å². The number of carbonyl (C=O) groups excluding carboxylic acids is 1. The lowest BCUT2D eigenvalue weighted by Crippen LogP contribution is -2.41. The molecule has 1 fully saturated rings. The molecule has 0 aromatic heterocycles. The van der Waals surface area contributed by atoms with Crippen LogP contribution in [0.15, 0.2) is 29.2 Å². The standard InChI is InChI=1S/C14H19NO2S/c1-10(12-7-5-9-17-12)15-14(16)11-6-3-4-8-13(11)18-2/h3-4,6,8,10,12H,5,7,9H2,1-2H3,(H,15,16)/t10-,12+/m0/s1. The molecule has 0 bridgehead atoms. The minimum Gasteiger partial charge on any atom is -0.376 e. The number of thioether (sulfide) groups is 1. The molecule has 98 valence electrons. The van der Waals surface area contributed by atoms with E-state index in [2.05, 4.69) is 5.32 Å². The number of nitrogens with one attached hydrogen (secondary N) is 1. The van der Waals surface area contributed by atoms with Gasteiger partial charge in [-0.05, 0) is 38.2 Å². The summed E-state index contributed by atoms with van der Waals surface area (Å²) in [7, 11) is 0. The van der Waals surface area contributed by atoms with Gasteiger partial charge >= 0.3 is 0 Å². The molecule has 0 aliphatic carbocycles. The molecule has 0 spiro atoms. The molecule has 4 heteroatoms. The number of carbonyl (C=O) groups is 1. The van der Waals surface area contributed by atoms with E-state index in [-0.39, 0.29) is 18.1 Å². The van der Waals surface area contributed by atoms with Crippen molar-refractivity contribution in [2.24, 2.45) is 0 Å². The summed E-state index contributed by atoms with van der Waals surface area (Å²) in [6.07, 6.45) is 4.27. The smallest absolute Gasteiger partial charge is 0.252 e. The van der Waals surface area contributed by atoms with Crippen molar-refractivity contribution >= 4 is 17.7 Å². The van der Waals surface area contributed by atoms with Gasteiger partial charge in [-0.3, -0.25) is 4.79 Å². The number of hydrogen-bond donors (Lipinski definition) is 1. The Balaban J connectivity index is 2.02. The Bertz CT molecular complexity index is 416. The summed E-state index contributed by atoms with van der Waals surface area (Å²) >= 11 is 1.59. The van der Waals surface area contributed by atoms with Crippen LogP contribution in [0.3, 0.4) is 0 Å². The molecule has 3 nitrogen and oxygen atoms in total. The van der Waals surface area contributed by atoms with Gasteiger partial charge in [0.05, 0.1) is 17.7 Å². The Morgan fingerprint density at radius 3 is 2.94 bits per heavy atom. The first kappa shape index (κ1) is 13.4. The van der Waals surface area contributed by atoms with Gasteiger partial charge in [0.2, 0.25) is 0 Å². The number of amides is 1. The van der Waals surface area contributed by atoms with Crippen LogP contribution in [0, 0.1) is 0 Å². The number of ether oxygens (including phenoxy) is 1. The second-order valence-corrected chi connectivity index (χ2v) is 5.36. The van der Waals surface area contributed by atoms with Gasteiger partial charge in [0.15, 0.2) is 0 Å². The zero-order valence-electron chi connectivity index (χ0n) is 10.8. The lowest BCUT2D eigenvalue weighted by molar-refractivity contribution is 0.0710. The van der Waals surface area contributed by atoms with Gasteiger partial charge in [0, 0.05) is 11.5 Å². The fourth-order valence-electron chi connectivity index (χ4n) is 2.21. The highest BCUT2D eigenvalue weighted by Gasteiger charge is 2.24. The summed E-state index contributed by atoms with van der Waals surface area (Å²) in [6.45, 7) is 2.82. The summed E-state index contributed by atoms with van der Waals surface area (Å²) in [6, 6.07) is 7.74. The molecule has 2 rings (SSSR count). The Kier molecular flexibility index (Phi) is 4.66. The quantitative estimate of drug-likeness (QED) is 0.851. The van der Waals surface area contributed by atoms with Gasteiger partial charge in [0.25, 0.3) is 5.91 Å². The SMILES string of the molecule is CSc1ccccc1C(=O)N[C@@H](C)[C@H]1CCCO1. The molecule has 1 heterocycles. The minimum absolute atomic E-state index is 0.0112. The Labute approximate surface area is 112 Å². The van der Waals surface area contributed by atoms with Gasteiger partial charge in [0.1, 0.15) is 0 Å². The highest BCUT2D eigenvalue weighted by Crippen LogP contribution is 2.21. The van der Waals surface area contributed by atoms with Crippen LogP contribution in [0.25, 0.3) is 0 Å². The second kappa shape index (κ2) is 6.25. The molecular formula is C14H19NO2S. The highest BCUT2D eigenvalue weighted by atomic mass is 32.2. The van der Waals surface area contributed by atoms with Crippen LogP contribution in [0.5, 0.6) is 0 Å². The summed E-state index contributed by atoms with van der Waals surface area (Å²) in [4.78, 5) is 13.2. The largest absolute Gasteiger partial charge is 0.376 e. The highest BCUT2D eigenvalue weighted by molar-refractivity contribution is 7.98. The topological polar surface area (TPSA) is 38.3 Å². The number of benzene rings is 1. The third-order valence-corrected chi connectivity index (χ3v) is 4.03. The summed E-state index contributed by atoms with van der Waals surface area (Å²) in [5, 5.41) is 3.04. The maximum Gasteiger partial charge on any atom is 0.252 e.